The number of aryl methyl sites for hydroxylation is 1. The van der Waals surface area contributed by atoms with Crippen LogP contribution >= 0.6 is 0 Å². The Hall–Kier alpha value is -1.72. The molecule has 0 aliphatic heterocycles. The fraction of sp³-hybridized carbons (Fsp3) is 0.261. The van der Waals surface area contributed by atoms with Crippen LogP contribution in [0.2, 0.25) is 0 Å². The van der Waals surface area contributed by atoms with Crippen LogP contribution in [-0.2, 0) is 32.9 Å². The SMILES string of the molecule is Cc1ccc(C(C)(C)C)cc1Cc1cccc(-c2[c-]cccc2)n1.[Pt]. The summed E-state index contributed by atoms with van der Waals surface area (Å²) in [7, 11) is 0. The summed E-state index contributed by atoms with van der Waals surface area (Å²) in [4.78, 5) is 4.84. The van der Waals surface area contributed by atoms with Gasteiger partial charge in [-0.2, -0.15) is 0 Å². The van der Waals surface area contributed by atoms with E-state index >= 15 is 0 Å². The first-order chi connectivity index (χ1) is 11.4. The molecule has 0 aliphatic carbocycles. The first-order valence-corrected chi connectivity index (χ1v) is 8.46. The molecular formula is C23H24NPt-. The predicted octanol–water partition coefficient (Wildman–Crippen LogP) is 5.74. The summed E-state index contributed by atoms with van der Waals surface area (Å²) in [6.07, 6.45) is 0.858. The van der Waals surface area contributed by atoms with E-state index in [9.17, 15) is 0 Å². The molecule has 0 unspecified atom stereocenters. The summed E-state index contributed by atoms with van der Waals surface area (Å²) in [6, 6.07) is 24.3. The zero-order valence-corrected chi connectivity index (χ0v) is 17.5. The van der Waals surface area contributed by atoms with Crippen molar-refractivity contribution in [3.8, 4) is 11.3 Å². The molecule has 0 spiro atoms. The third-order valence-electron chi connectivity index (χ3n) is 4.38. The Morgan fingerprint density at radius 1 is 0.960 bits per heavy atom. The standard InChI is InChI=1S/C23H24N.Pt/c1-17-13-14-20(23(2,3)4)15-19(17)16-21-11-8-12-22(24-21)18-9-6-5-7-10-18;/h5-9,11-15H,16H2,1-4H3;/q-1;. The Morgan fingerprint density at radius 3 is 2.44 bits per heavy atom. The molecule has 0 saturated carbocycles. The maximum absolute atomic E-state index is 4.84. The van der Waals surface area contributed by atoms with E-state index in [0.717, 1.165) is 23.4 Å². The number of hydrogen-bond acceptors (Lipinski definition) is 1. The van der Waals surface area contributed by atoms with Gasteiger partial charge < -0.3 is 4.98 Å². The van der Waals surface area contributed by atoms with E-state index in [0.29, 0.717) is 0 Å². The summed E-state index contributed by atoms with van der Waals surface area (Å²) in [5, 5.41) is 0. The summed E-state index contributed by atoms with van der Waals surface area (Å²) >= 11 is 0. The molecule has 0 amide bonds. The Balaban J connectivity index is 0.00000225. The van der Waals surface area contributed by atoms with Crippen molar-refractivity contribution in [2.24, 2.45) is 0 Å². The molecule has 0 fully saturated rings. The molecular weight excluding hydrogens is 485 g/mol. The summed E-state index contributed by atoms with van der Waals surface area (Å²) in [6.45, 7) is 8.94. The minimum Gasteiger partial charge on any atom is -0.301 e. The van der Waals surface area contributed by atoms with Crippen molar-refractivity contribution >= 4 is 0 Å². The zero-order valence-electron chi connectivity index (χ0n) is 15.2. The second-order valence-corrected chi connectivity index (χ2v) is 7.36. The van der Waals surface area contributed by atoms with Crippen LogP contribution in [0.15, 0.2) is 60.7 Å². The van der Waals surface area contributed by atoms with Crippen molar-refractivity contribution in [3.05, 3.63) is 89.1 Å². The van der Waals surface area contributed by atoms with Crippen LogP contribution < -0.4 is 0 Å². The molecule has 0 saturated heterocycles. The van der Waals surface area contributed by atoms with Gasteiger partial charge in [0.1, 0.15) is 0 Å². The molecule has 1 aromatic heterocycles. The van der Waals surface area contributed by atoms with Gasteiger partial charge in [-0.15, -0.1) is 35.9 Å². The summed E-state index contributed by atoms with van der Waals surface area (Å²) in [5.74, 6) is 0. The molecule has 0 N–H and O–H groups in total. The molecule has 132 valence electrons. The molecule has 25 heavy (non-hydrogen) atoms. The van der Waals surface area contributed by atoms with Crippen molar-refractivity contribution in [2.75, 3.05) is 0 Å². The molecule has 0 aliphatic rings. The van der Waals surface area contributed by atoms with E-state index in [-0.39, 0.29) is 26.5 Å². The van der Waals surface area contributed by atoms with Gasteiger partial charge >= 0.3 is 0 Å². The average molecular weight is 510 g/mol. The van der Waals surface area contributed by atoms with Crippen LogP contribution in [0.5, 0.6) is 0 Å². The van der Waals surface area contributed by atoms with Gasteiger partial charge in [-0.3, -0.25) is 0 Å². The minimum absolute atomic E-state index is 0. The van der Waals surface area contributed by atoms with Crippen LogP contribution in [0.4, 0.5) is 0 Å². The van der Waals surface area contributed by atoms with Gasteiger partial charge in [0, 0.05) is 33.2 Å². The molecule has 1 heterocycles. The summed E-state index contributed by atoms with van der Waals surface area (Å²) < 4.78 is 0. The van der Waals surface area contributed by atoms with E-state index in [2.05, 4.69) is 70.2 Å². The Labute approximate surface area is 165 Å². The van der Waals surface area contributed by atoms with Gasteiger partial charge in [0.2, 0.25) is 0 Å². The minimum atomic E-state index is 0. The van der Waals surface area contributed by atoms with Gasteiger partial charge in [0.15, 0.2) is 0 Å². The monoisotopic (exact) mass is 509 g/mol. The number of rotatable bonds is 3. The van der Waals surface area contributed by atoms with Crippen LogP contribution in [0.1, 0.15) is 43.2 Å². The van der Waals surface area contributed by atoms with Crippen LogP contribution in [0.3, 0.4) is 0 Å². The van der Waals surface area contributed by atoms with E-state index < -0.39 is 0 Å². The van der Waals surface area contributed by atoms with Gasteiger partial charge in [0.25, 0.3) is 0 Å². The normalized spacial score (nSPS) is 11.0. The number of benzene rings is 2. The van der Waals surface area contributed by atoms with E-state index in [4.69, 9.17) is 4.98 Å². The largest absolute Gasteiger partial charge is 0.301 e. The third kappa shape index (κ3) is 4.89. The Kier molecular flexibility index (Phi) is 6.35. The number of nitrogens with zero attached hydrogens (tertiary/aromatic N) is 1. The maximum Gasteiger partial charge on any atom is 0.0340 e. The first kappa shape index (κ1) is 19.6. The quantitative estimate of drug-likeness (QED) is 0.410. The number of pyridine rings is 1. The van der Waals surface area contributed by atoms with Crippen molar-refractivity contribution in [3.63, 3.8) is 0 Å². The van der Waals surface area contributed by atoms with Crippen molar-refractivity contribution in [1.82, 2.24) is 4.98 Å². The smallest absolute Gasteiger partial charge is 0.0340 e. The van der Waals surface area contributed by atoms with Crippen LogP contribution in [0.25, 0.3) is 11.3 Å². The van der Waals surface area contributed by atoms with Crippen molar-refractivity contribution in [1.29, 1.82) is 0 Å². The fourth-order valence-electron chi connectivity index (χ4n) is 2.80. The molecule has 0 bridgehead atoms. The maximum atomic E-state index is 4.84. The van der Waals surface area contributed by atoms with Gasteiger partial charge in [-0.05, 0) is 40.8 Å². The van der Waals surface area contributed by atoms with Gasteiger partial charge in [-0.25, -0.2) is 0 Å². The summed E-state index contributed by atoms with van der Waals surface area (Å²) in [5.41, 5.74) is 7.33. The molecule has 2 heteroatoms. The van der Waals surface area contributed by atoms with Crippen LogP contribution in [0, 0.1) is 13.0 Å². The molecule has 3 rings (SSSR count). The number of hydrogen-bond donors (Lipinski definition) is 0. The predicted molar refractivity (Wildman–Crippen MR) is 101 cm³/mol. The van der Waals surface area contributed by atoms with E-state index in [1.807, 2.05) is 24.3 Å². The molecule has 2 aromatic carbocycles. The molecule has 1 nitrogen and oxygen atoms in total. The van der Waals surface area contributed by atoms with Crippen molar-refractivity contribution < 1.29 is 21.1 Å². The van der Waals surface area contributed by atoms with E-state index in [1.165, 1.54) is 16.7 Å². The van der Waals surface area contributed by atoms with Gasteiger partial charge in [-0.1, -0.05) is 51.1 Å². The second kappa shape index (κ2) is 8.10. The molecule has 0 radical (unpaired) electrons. The first-order valence-electron chi connectivity index (χ1n) is 8.46. The third-order valence-corrected chi connectivity index (χ3v) is 4.38. The second-order valence-electron chi connectivity index (χ2n) is 7.36. The number of aromatic nitrogens is 1. The Morgan fingerprint density at radius 2 is 1.76 bits per heavy atom. The average Bonchev–Trinajstić information content (AvgIpc) is 2.57. The molecule has 0 atom stereocenters. The zero-order chi connectivity index (χ0) is 17.2. The topological polar surface area (TPSA) is 12.9 Å². The fourth-order valence-corrected chi connectivity index (χ4v) is 2.80. The van der Waals surface area contributed by atoms with E-state index in [1.54, 1.807) is 0 Å². The van der Waals surface area contributed by atoms with Crippen LogP contribution in [-0.4, -0.2) is 4.98 Å². The van der Waals surface area contributed by atoms with Crippen molar-refractivity contribution in [2.45, 2.75) is 39.5 Å². The Bertz CT molecular complexity index is 832. The molecule has 3 aromatic rings. The van der Waals surface area contributed by atoms with Gasteiger partial charge in [0.05, 0.1) is 0 Å².